The Balaban J connectivity index is 2.81. The fourth-order valence-corrected chi connectivity index (χ4v) is 3.16. The lowest BCUT2D eigenvalue weighted by Gasteiger charge is -2.17. The highest BCUT2D eigenvalue weighted by Crippen LogP contribution is 2.23. The number of benzene rings is 1. The Morgan fingerprint density at radius 1 is 1.06 bits per heavy atom. The second kappa shape index (κ2) is 5.86. The Kier molecular flexibility index (Phi) is 5.04. The molecule has 2 unspecified atom stereocenters. The van der Waals surface area contributed by atoms with Crippen molar-refractivity contribution in [2.24, 2.45) is 5.92 Å². The van der Waals surface area contributed by atoms with Crippen molar-refractivity contribution in [3.63, 3.8) is 0 Å². The molecule has 1 rings (SSSR count). The zero-order valence-electron chi connectivity index (χ0n) is 11.1. The van der Waals surface area contributed by atoms with E-state index < -0.39 is 0 Å². The van der Waals surface area contributed by atoms with E-state index in [4.69, 9.17) is 0 Å². The van der Waals surface area contributed by atoms with Gasteiger partial charge >= 0.3 is 0 Å². The van der Waals surface area contributed by atoms with E-state index in [1.54, 1.807) is 5.56 Å². The smallest absolute Gasteiger partial charge is 0.0120 e. The maximum absolute atomic E-state index is 3.64. The summed E-state index contributed by atoms with van der Waals surface area (Å²) in [4.78, 5) is 0.619. The third-order valence-electron chi connectivity index (χ3n) is 3.12. The molecule has 0 fully saturated rings. The SMILES string of the molecule is Cc1cc(C)c(CC(C)CC(C)Br)c(C)c1. The van der Waals surface area contributed by atoms with Crippen molar-refractivity contribution >= 4 is 15.9 Å². The molecule has 0 aromatic heterocycles. The number of hydrogen-bond donors (Lipinski definition) is 0. The molecule has 0 radical (unpaired) electrons. The van der Waals surface area contributed by atoms with Crippen molar-refractivity contribution in [3.05, 3.63) is 34.4 Å². The Labute approximate surface area is 109 Å². The second-order valence-corrected chi connectivity index (χ2v) is 6.77. The highest BCUT2D eigenvalue weighted by Gasteiger charge is 2.11. The van der Waals surface area contributed by atoms with E-state index in [2.05, 4.69) is 62.7 Å². The molecule has 1 aromatic rings. The van der Waals surface area contributed by atoms with E-state index >= 15 is 0 Å². The average Bonchev–Trinajstić information content (AvgIpc) is 2.09. The van der Waals surface area contributed by atoms with E-state index in [9.17, 15) is 0 Å². The summed E-state index contributed by atoms with van der Waals surface area (Å²) in [6, 6.07) is 4.60. The van der Waals surface area contributed by atoms with Gasteiger partial charge < -0.3 is 0 Å². The van der Waals surface area contributed by atoms with Crippen molar-refractivity contribution < 1.29 is 0 Å². The van der Waals surface area contributed by atoms with Gasteiger partial charge in [-0.2, -0.15) is 0 Å². The monoisotopic (exact) mass is 282 g/mol. The fraction of sp³-hybridized carbons (Fsp3) is 0.600. The number of hydrogen-bond acceptors (Lipinski definition) is 0. The molecular formula is C15H23Br. The van der Waals surface area contributed by atoms with Crippen LogP contribution >= 0.6 is 15.9 Å². The van der Waals surface area contributed by atoms with Gasteiger partial charge in [-0.3, -0.25) is 0 Å². The van der Waals surface area contributed by atoms with Gasteiger partial charge in [-0.1, -0.05) is 47.5 Å². The van der Waals surface area contributed by atoms with Gasteiger partial charge in [0.2, 0.25) is 0 Å². The van der Waals surface area contributed by atoms with Crippen LogP contribution in [0.2, 0.25) is 0 Å². The van der Waals surface area contributed by atoms with Crippen molar-refractivity contribution in [2.45, 2.75) is 52.3 Å². The van der Waals surface area contributed by atoms with Crippen molar-refractivity contribution in [3.8, 4) is 0 Å². The molecule has 0 saturated carbocycles. The Morgan fingerprint density at radius 2 is 1.56 bits per heavy atom. The van der Waals surface area contributed by atoms with Crippen LogP contribution in [0.4, 0.5) is 0 Å². The zero-order valence-corrected chi connectivity index (χ0v) is 12.7. The number of rotatable bonds is 4. The summed E-state index contributed by atoms with van der Waals surface area (Å²) in [6.07, 6.45) is 2.45. The van der Waals surface area contributed by atoms with E-state index in [0.29, 0.717) is 4.83 Å². The molecule has 0 nitrogen and oxygen atoms in total. The molecule has 0 heterocycles. The quantitative estimate of drug-likeness (QED) is 0.685. The van der Waals surface area contributed by atoms with Crippen LogP contribution in [-0.2, 0) is 6.42 Å². The molecular weight excluding hydrogens is 260 g/mol. The van der Waals surface area contributed by atoms with Gasteiger partial charge in [0, 0.05) is 4.83 Å². The minimum atomic E-state index is 0.619. The lowest BCUT2D eigenvalue weighted by molar-refractivity contribution is 0.530. The van der Waals surface area contributed by atoms with Crippen LogP contribution in [0.3, 0.4) is 0 Å². The lowest BCUT2D eigenvalue weighted by Crippen LogP contribution is -2.07. The number of aryl methyl sites for hydroxylation is 3. The van der Waals surface area contributed by atoms with Crippen molar-refractivity contribution in [1.82, 2.24) is 0 Å². The van der Waals surface area contributed by atoms with Gasteiger partial charge in [0.1, 0.15) is 0 Å². The van der Waals surface area contributed by atoms with E-state index in [0.717, 1.165) is 5.92 Å². The first kappa shape index (κ1) is 13.8. The molecule has 16 heavy (non-hydrogen) atoms. The van der Waals surface area contributed by atoms with Gasteiger partial charge in [0.05, 0.1) is 0 Å². The Hall–Kier alpha value is -0.300. The molecule has 0 N–H and O–H groups in total. The molecule has 0 aliphatic rings. The predicted octanol–water partition coefficient (Wildman–Crippen LogP) is 4.96. The van der Waals surface area contributed by atoms with Gasteiger partial charge in [-0.15, -0.1) is 0 Å². The molecule has 2 atom stereocenters. The first-order valence-electron chi connectivity index (χ1n) is 6.11. The first-order chi connectivity index (χ1) is 7.40. The third kappa shape index (κ3) is 3.93. The van der Waals surface area contributed by atoms with E-state index in [-0.39, 0.29) is 0 Å². The van der Waals surface area contributed by atoms with E-state index in [1.807, 2.05) is 0 Å². The number of halogens is 1. The summed E-state index contributed by atoms with van der Waals surface area (Å²) in [7, 11) is 0. The van der Waals surface area contributed by atoms with E-state index in [1.165, 1.54) is 29.5 Å². The summed E-state index contributed by atoms with van der Waals surface area (Å²) < 4.78 is 0. The minimum absolute atomic E-state index is 0.619. The van der Waals surface area contributed by atoms with Crippen LogP contribution < -0.4 is 0 Å². The molecule has 90 valence electrons. The summed E-state index contributed by atoms with van der Waals surface area (Å²) in [5.74, 6) is 0.745. The Morgan fingerprint density at radius 3 is 2.00 bits per heavy atom. The van der Waals surface area contributed by atoms with Gasteiger partial charge in [-0.05, 0) is 56.2 Å². The van der Waals surface area contributed by atoms with Crippen LogP contribution in [0, 0.1) is 26.7 Å². The molecule has 0 bridgehead atoms. The normalized spacial score (nSPS) is 14.9. The summed E-state index contributed by atoms with van der Waals surface area (Å²) in [6.45, 7) is 11.2. The topological polar surface area (TPSA) is 0 Å². The third-order valence-corrected chi connectivity index (χ3v) is 3.49. The molecule has 0 aliphatic carbocycles. The second-order valence-electron chi connectivity index (χ2n) is 5.20. The van der Waals surface area contributed by atoms with Crippen LogP contribution in [-0.4, -0.2) is 4.83 Å². The lowest BCUT2D eigenvalue weighted by atomic mass is 9.90. The minimum Gasteiger partial charge on any atom is -0.0894 e. The van der Waals surface area contributed by atoms with Gasteiger partial charge in [0.25, 0.3) is 0 Å². The average molecular weight is 283 g/mol. The maximum Gasteiger partial charge on any atom is 0.0120 e. The summed E-state index contributed by atoms with van der Waals surface area (Å²) in [5.41, 5.74) is 5.82. The predicted molar refractivity (Wildman–Crippen MR) is 76.5 cm³/mol. The van der Waals surface area contributed by atoms with Crippen LogP contribution in [0.5, 0.6) is 0 Å². The van der Waals surface area contributed by atoms with Crippen LogP contribution in [0.15, 0.2) is 12.1 Å². The number of alkyl halides is 1. The molecule has 1 aromatic carbocycles. The fourth-order valence-electron chi connectivity index (χ4n) is 2.52. The van der Waals surface area contributed by atoms with Crippen LogP contribution in [0.1, 0.15) is 42.5 Å². The molecule has 0 aliphatic heterocycles. The largest absolute Gasteiger partial charge is 0.0894 e. The maximum atomic E-state index is 3.64. The highest BCUT2D eigenvalue weighted by atomic mass is 79.9. The zero-order chi connectivity index (χ0) is 12.3. The van der Waals surface area contributed by atoms with Crippen molar-refractivity contribution in [2.75, 3.05) is 0 Å². The first-order valence-corrected chi connectivity index (χ1v) is 7.02. The van der Waals surface area contributed by atoms with Crippen LogP contribution in [0.25, 0.3) is 0 Å². The highest BCUT2D eigenvalue weighted by molar-refractivity contribution is 9.09. The molecule has 0 amide bonds. The Bertz CT molecular complexity index is 329. The van der Waals surface area contributed by atoms with Crippen molar-refractivity contribution in [1.29, 1.82) is 0 Å². The standard InChI is InChI=1S/C15H23Br/c1-10-6-12(3)15(13(4)7-10)9-11(2)8-14(5)16/h6-7,11,14H,8-9H2,1-5H3. The molecule has 0 saturated heterocycles. The summed E-state index contributed by atoms with van der Waals surface area (Å²) >= 11 is 3.64. The summed E-state index contributed by atoms with van der Waals surface area (Å²) in [5, 5.41) is 0. The molecule has 0 spiro atoms. The van der Waals surface area contributed by atoms with Gasteiger partial charge in [0.15, 0.2) is 0 Å². The molecule has 1 heteroatoms. The van der Waals surface area contributed by atoms with Gasteiger partial charge in [-0.25, -0.2) is 0 Å².